The Morgan fingerprint density at radius 2 is 2.14 bits per heavy atom. The van der Waals surface area contributed by atoms with Crippen molar-refractivity contribution in [2.45, 2.75) is 32.9 Å². The summed E-state index contributed by atoms with van der Waals surface area (Å²) < 4.78 is 6.41. The van der Waals surface area contributed by atoms with Crippen LogP contribution in [0, 0.1) is 0 Å². The number of benzene rings is 1. The second-order valence-electron chi connectivity index (χ2n) is 5.52. The first-order chi connectivity index (χ1) is 10.7. The maximum Gasteiger partial charge on any atom is 0.202 e. The molecule has 3 rings (SSSR count). The summed E-state index contributed by atoms with van der Waals surface area (Å²) in [6, 6.07) is 8.54. The summed E-state index contributed by atoms with van der Waals surface area (Å²) in [6.07, 6.45) is 5.60. The largest absolute Gasteiger partial charge is 0.356 e. The summed E-state index contributed by atoms with van der Waals surface area (Å²) in [5, 5.41) is 4.23. The Bertz CT molecular complexity index is 718. The average Bonchev–Trinajstić information content (AvgIpc) is 3.17. The minimum atomic E-state index is 0.366. The predicted molar refractivity (Wildman–Crippen MR) is 89.1 cm³/mol. The zero-order valence-corrected chi connectivity index (χ0v) is 13.5. The van der Waals surface area contributed by atoms with E-state index in [4.69, 9.17) is 0 Å². The number of imidazole rings is 1. The summed E-state index contributed by atoms with van der Waals surface area (Å²) in [4.78, 5) is 8.56. The molecule has 6 heteroatoms. The lowest BCUT2D eigenvalue weighted by Gasteiger charge is -2.07. The SMILES string of the molecule is CC(C)c1nsc(NCc2cccc(Cn3ccnc3)c2)n1. The molecule has 0 unspecified atom stereocenters. The first kappa shape index (κ1) is 14.7. The average molecular weight is 313 g/mol. The Labute approximate surface area is 134 Å². The van der Waals surface area contributed by atoms with E-state index in [0.717, 1.165) is 24.0 Å². The second kappa shape index (κ2) is 6.70. The molecule has 0 saturated heterocycles. The zero-order valence-electron chi connectivity index (χ0n) is 12.7. The third-order valence-electron chi connectivity index (χ3n) is 3.32. The van der Waals surface area contributed by atoms with E-state index in [0.29, 0.717) is 5.92 Å². The molecule has 0 spiro atoms. The molecule has 1 N–H and O–H groups in total. The zero-order chi connectivity index (χ0) is 15.4. The molecule has 0 bridgehead atoms. The van der Waals surface area contributed by atoms with Gasteiger partial charge in [-0.2, -0.15) is 4.37 Å². The van der Waals surface area contributed by atoms with Crippen LogP contribution >= 0.6 is 11.5 Å². The molecule has 0 fully saturated rings. The van der Waals surface area contributed by atoms with E-state index < -0.39 is 0 Å². The number of nitrogens with one attached hydrogen (secondary N) is 1. The summed E-state index contributed by atoms with van der Waals surface area (Å²) in [5.74, 6) is 1.27. The summed E-state index contributed by atoms with van der Waals surface area (Å²) in [6.45, 7) is 5.80. The smallest absolute Gasteiger partial charge is 0.202 e. The molecule has 1 aromatic carbocycles. The minimum Gasteiger partial charge on any atom is -0.356 e. The van der Waals surface area contributed by atoms with E-state index >= 15 is 0 Å². The van der Waals surface area contributed by atoms with Crippen molar-refractivity contribution in [3.8, 4) is 0 Å². The van der Waals surface area contributed by atoms with Gasteiger partial charge in [0.2, 0.25) is 5.13 Å². The Hall–Kier alpha value is -2.21. The van der Waals surface area contributed by atoms with E-state index in [-0.39, 0.29) is 0 Å². The number of anilines is 1. The van der Waals surface area contributed by atoms with E-state index in [9.17, 15) is 0 Å². The fraction of sp³-hybridized carbons (Fsp3) is 0.312. The van der Waals surface area contributed by atoms with Gasteiger partial charge in [-0.15, -0.1) is 0 Å². The van der Waals surface area contributed by atoms with Gasteiger partial charge in [0.1, 0.15) is 5.82 Å². The highest BCUT2D eigenvalue weighted by Gasteiger charge is 2.07. The highest BCUT2D eigenvalue weighted by molar-refractivity contribution is 7.09. The number of hydrogen-bond donors (Lipinski definition) is 1. The Balaban J connectivity index is 1.62. The molecule has 0 aliphatic carbocycles. The molecule has 2 aromatic heterocycles. The molecule has 0 saturated carbocycles. The van der Waals surface area contributed by atoms with E-state index in [1.807, 2.05) is 12.5 Å². The third kappa shape index (κ3) is 3.71. The van der Waals surface area contributed by atoms with Crippen molar-refractivity contribution in [3.63, 3.8) is 0 Å². The molecule has 114 valence electrons. The number of aromatic nitrogens is 4. The molecule has 3 aromatic rings. The van der Waals surface area contributed by atoms with Crippen molar-refractivity contribution in [2.24, 2.45) is 0 Å². The maximum atomic E-state index is 4.49. The topological polar surface area (TPSA) is 55.6 Å². The number of rotatable bonds is 6. The van der Waals surface area contributed by atoms with Crippen LogP contribution in [0.2, 0.25) is 0 Å². The van der Waals surface area contributed by atoms with Gasteiger partial charge in [0.05, 0.1) is 6.33 Å². The molecule has 0 radical (unpaired) electrons. The van der Waals surface area contributed by atoms with Crippen LogP contribution in [-0.4, -0.2) is 18.9 Å². The quantitative estimate of drug-likeness (QED) is 0.756. The minimum absolute atomic E-state index is 0.366. The van der Waals surface area contributed by atoms with Crippen molar-refractivity contribution in [1.29, 1.82) is 0 Å². The Morgan fingerprint density at radius 3 is 2.86 bits per heavy atom. The van der Waals surface area contributed by atoms with E-state index in [2.05, 4.69) is 62.3 Å². The first-order valence-corrected chi connectivity index (χ1v) is 8.09. The van der Waals surface area contributed by atoms with Gasteiger partial charge in [0, 0.05) is 42.9 Å². The van der Waals surface area contributed by atoms with Crippen LogP contribution in [0.4, 0.5) is 5.13 Å². The van der Waals surface area contributed by atoms with Crippen LogP contribution in [0.25, 0.3) is 0 Å². The van der Waals surface area contributed by atoms with Crippen molar-refractivity contribution in [3.05, 3.63) is 59.9 Å². The highest BCUT2D eigenvalue weighted by atomic mass is 32.1. The fourth-order valence-corrected chi connectivity index (χ4v) is 2.85. The Morgan fingerprint density at radius 1 is 1.27 bits per heavy atom. The summed E-state index contributed by atoms with van der Waals surface area (Å²) in [5.41, 5.74) is 2.50. The van der Waals surface area contributed by atoms with Gasteiger partial charge in [0.25, 0.3) is 0 Å². The molecule has 0 atom stereocenters. The van der Waals surface area contributed by atoms with Crippen LogP contribution in [0.3, 0.4) is 0 Å². The summed E-state index contributed by atoms with van der Waals surface area (Å²) in [7, 11) is 0. The van der Waals surface area contributed by atoms with Crippen molar-refractivity contribution in [1.82, 2.24) is 18.9 Å². The van der Waals surface area contributed by atoms with Gasteiger partial charge < -0.3 is 9.88 Å². The van der Waals surface area contributed by atoms with Gasteiger partial charge in [-0.1, -0.05) is 38.1 Å². The van der Waals surface area contributed by atoms with Crippen LogP contribution in [0.15, 0.2) is 43.0 Å². The number of nitrogens with zero attached hydrogens (tertiary/aromatic N) is 4. The van der Waals surface area contributed by atoms with Crippen molar-refractivity contribution >= 4 is 16.7 Å². The van der Waals surface area contributed by atoms with Crippen molar-refractivity contribution < 1.29 is 0 Å². The summed E-state index contributed by atoms with van der Waals surface area (Å²) >= 11 is 1.42. The van der Waals surface area contributed by atoms with Crippen LogP contribution < -0.4 is 5.32 Å². The van der Waals surface area contributed by atoms with E-state index in [1.165, 1.54) is 22.7 Å². The normalized spacial score (nSPS) is 11.0. The van der Waals surface area contributed by atoms with Crippen LogP contribution in [0.1, 0.15) is 36.7 Å². The molecular weight excluding hydrogens is 294 g/mol. The predicted octanol–water partition coefficient (Wildman–Crippen LogP) is 3.52. The lowest BCUT2D eigenvalue weighted by Crippen LogP contribution is -2.02. The lowest BCUT2D eigenvalue weighted by molar-refractivity contribution is 0.795. The van der Waals surface area contributed by atoms with Crippen molar-refractivity contribution in [2.75, 3.05) is 5.32 Å². The van der Waals surface area contributed by atoms with E-state index in [1.54, 1.807) is 6.20 Å². The monoisotopic (exact) mass is 313 g/mol. The molecule has 0 amide bonds. The fourth-order valence-electron chi connectivity index (χ4n) is 2.15. The second-order valence-corrected chi connectivity index (χ2v) is 6.27. The Kier molecular flexibility index (Phi) is 4.48. The highest BCUT2D eigenvalue weighted by Crippen LogP contribution is 2.18. The molecular formula is C16H19N5S. The van der Waals surface area contributed by atoms with Gasteiger partial charge in [-0.05, 0) is 11.1 Å². The molecule has 2 heterocycles. The molecule has 0 aliphatic heterocycles. The first-order valence-electron chi connectivity index (χ1n) is 7.32. The lowest BCUT2D eigenvalue weighted by atomic mass is 10.1. The van der Waals surface area contributed by atoms with Crippen LogP contribution in [-0.2, 0) is 13.1 Å². The van der Waals surface area contributed by atoms with Gasteiger partial charge >= 0.3 is 0 Å². The standard InChI is InChI=1S/C16H19N5S/c1-12(2)15-19-16(22-20-15)18-9-13-4-3-5-14(8-13)10-21-7-6-17-11-21/h3-8,11-12H,9-10H2,1-2H3,(H,18,19,20). The van der Waals surface area contributed by atoms with Gasteiger partial charge in [-0.3, -0.25) is 0 Å². The van der Waals surface area contributed by atoms with Gasteiger partial charge in [0.15, 0.2) is 0 Å². The van der Waals surface area contributed by atoms with Gasteiger partial charge in [-0.25, -0.2) is 9.97 Å². The number of hydrogen-bond acceptors (Lipinski definition) is 5. The third-order valence-corrected chi connectivity index (χ3v) is 4.00. The molecule has 5 nitrogen and oxygen atoms in total. The van der Waals surface area contributed by atoms with Crippen LogP contribution in [0.5, 0.6) is 0 Å². The molecule has 0 aliphatic rings. The molecule has 22 heavy (non-hydrogen) atoms. The maximum absolute atomic E-state index is 4.49.